The minimum absolute atomic E-state index is 0.0461. The molecule has 2 atom stereocenters. The highest BCUT2D eigenvalue weighted by atomic mass is 31.2. The highest BCUT2D eigenvalue weighted by Gasteiger charge is 2.26. The van der Waals surface area contributed by atoms with E-state index in [9.17, 15) is 19.0 Å². The first kappa shape index (κ1) is 57.0. The predicted molar refractivity (Wildman–Crippen MR) is 247 cm³/mol. The molecular formula is C49H90NO8P. The number of esters is 2. The molecule has 0 aliphatic heterocycles. The number of carbonyl (C=O) groups excluding carboxylic acids is 2. The molecule has 0 fully saturated rings. The molecule has 0 rings (SSSR count). The van der Waals surface area contributed by atoms with Crippen LogP contribution in [0.25, 0.3) is 0 Å². The molecule has 1 unspecified atom stereocenters. The summed E-state index contributed by atoms with van der Waals surface area (Å²) < 4.78 is 32.8. The number of nitrogens with two attached hydrogens (primary N) is 1. The third kappa shape index (κ3) is 45.3. The molecule has 10 heteroatoms. The fourth-order valence-electron chi connectivity index (χ4n) is 6.63. The Bertz CT molecular complexity index is 1110. The first-order valence-electron chi connectivity index (χ1n) is 24.1. The molecule has 0 heterocycles. The van der Waals surface area contributed by atoms with Crippen molar-refractivity contribution >= 4 is 19.8 Å². The van der Waals surface area contributed by atoms with Crippen molar-refractivity contribution in [2.24, 2.45) is 5.73 Å². The number of ether oxygens (including phenoxy) is 2. The number of hydrogen-bond donors (Lipinski definition) is 2. The van der Waals surface area contributed by atoms with Gasteiger partial charge in [0.05, 0.1) is 13.2 Å². The lowest BCUT2D eigenvalue weighted by Crippen LogP contribution is -2.29. The molecule has 0 aromatic rings. The molecule has 0 aromatic carbocycles. The van der Waals surface area contributed by atoms with Gasteiger partial charge in [0.15, 0.2) is 6.10 Å². The Morgan fingerprint density at radius 2 is 0.898 bits per heavy atom. The van der Waals surface area contributed by atoms with Crippen molar-refractivity contribution in [3.63, 3.8) is 0 Å². The molecule has 0 saturated carbocycles. The molecule has 344 valence electrons. The maximum Gasteiger partial charge on any atom is 0.472 e. The van der Waals surface area contributed by atoms with Gasteiger partial charge >= 0.3 is 19.8 Å². The van der Waals surface area contributed by atoms with Gasteiger partial charge in [-0.05, 0) is 51.4 Å². The van der Waals surface area contributed by atoms with Gasteiger partial charge in [-0.3, -0.25) is 18.6 Å². The van der Waals surface area contributed by atoms with E-state index < -0.39 is 32.5 Å². The van der Waals surface area contributed by atoms with Crippen molar-refractivity contribution in [1.29, 1.82) is 0 Å². The van der Waals surface area contributed by atoms with Crippen LogP contribution < -0.4 is 5.73 Å². The minimum atomic E-state index is -4.39. The lowest BCUT2D eigenvalue weighted by Gasteiger charge is -2.19. The Balaban J connectivity index is 4.18. The van der Waals surface area contributed by atoms with Crippen molar-refractivity contribution in [1.82, 2.24) is 0 Å². The van der Waals surface area contributed by atoms with Gasteiger partial charge in [-0.1, -0.05) is 204 Å². The second-order valence-corrected chi connectivity index (χ2v) is 17.4. The molecule has 9 nitrogen and oxygen atoms in total. The number of allylic oxidation sites excluding steroid dienone is 8. The van der Waals surface area contributed by atoms with Crippen molar-refractivity contribution in [3.8, 4) is 0 Å². The van der Waals surface area contributed by atoms with Crippen LogP contribution >= 0.6 is 7.82 Å². The van der Waals surface area contributed by atoms with Gasteiger partial charge in [-0.25, -0.2) is 4.57 Å². The van der Waals surface area contributed by atoms with Crippen molar-refractivity contribution in [2.75, 3.05) is 26.4 Å². The van der Waals surface area contributed by atoms with Gasteiger partial charge in [-0.15, -0.1) is 0 Å². The molecule has 0 radical (unpaired) electrons. The van der Waals surface area contributed by atoms with Gasteiger partial charge in [0.1, 0.15) is 6.61 Å². The second-order valence-electron chi connectivity index (χ2n) is 16.0. The number of phosphoric acid groups is 1. The molecule has 0 aliphatic rings. The van der Waals surface area contributed by atoms with Gasteiger partial charge < -0.3 is 20.1 Å². The lowest BCUT2D eigenvalue weighted by molar-refractivity contribution is -0.161. The Labute approximate surface area is 362 Å². The van der Waals surface area contributed by atoms with E-state index in [2.05, 4.69) is 62.5 Å². The topological polar surface area (TPSA) is 134 Å². The van der Waals surface area contributed by atoms with E-state index in [4.69, 9.17) is 24.3 Å². The molecule has 0 spiro atoms. The summed E-state index contributed by atoms with van der Waals surface area (Å²) >= 11 is 0. The number of phosphoric ester groups is 1. The highest BCUT2D eigenvalue weighted by molar-refractivity contribution is 7.47. The summed E-state index contributed by atoms with van der Waals surface area (Å²) in [5, 5.41) is 0. The van der Waals surface area contributed by atoms with Crippen LogP contribution in [-0.2, 0) is 32.7 Å². The van der Waals surface area contributed by atoms with Gasteiger partial charge in [-0.2, -0.15) is 0 Å². The maximum atomic E-state index is 12.6. The second kappa shape index (κ2) is 45.5. The van der Waals surface area contributed by atoms with E-state index in [1.54, 1.807) is 0 Å². The largest absolute Gasteiger partial charge is 0.472 e. The van der Waals surface area contributed by atoms with Crippen molar-refractivity contribution in [3.05, 3.63) is 48.6 Å². The number of unbranched alkanes of at least 4 members (excludes halogenated alkanes) is 24. The monoisotopic (exact) mass is 852 g/mol. The fourth-order valence-corrected chi connectivity index (χ4v) is 7.39. The zero-order valence-corrected chi connectivity index (χ0v) is 38.9. The quantitative estimate of drug-likeness (QED) is 0.0266. The first-order chi connectivity index (χ1) is 28.8. The summed E-state index contributed by atoms with van der Waals surface area (Å²) in [5.74, 6) is -0.888. The minimum Gasteiger partial charge on any atom is -0.462 e. The zero-order valence-electron chi connectivity index (χ0n) is 38.0. The van der Waals surface area contributed by atoms with E-state index >= 15 is 0 Å². The molecule has 3 N–H and O–H groups in total. The third-order valence-corrected chi connectivity index (χ3v) is 11.2. The van der Waals surface area contributed by atoms with Crippen LogP contribution in [0.5, 0.6) is 0 Å². The lowest BCUT2D eigenvalue weighted by atomic mass is 10.0. The summed E-state index contributed by atoms with van der Waals surface area (Å²) in [6.45, 7) is 3.69. The molecule has 59 heavy (non-hydrogen) atoms. The van der Waals surface area contributed by atoms with Gasteiger partial charge in [0.2, 0.25) is 0 Å². The standard InChI is InChI=1S/C49H90NO8P/c1-3-5-7-9-11-13-15-17-19-21-22-23-24-26-27-29-31-33-35-37-39-41-48(51)55-45-47(46-57-59(53,54)56-44-43-50)58-49(52)42-40-38-36-34-32-30-28-25-20-18-16-14-12-10-8-6-4-2/h19,21,23-24,27,29,33,35,47H,3-18,20,22,25-26,28,30-32,34,36-46,50H2,1-2H3,(H,53,54)/b21-19+,24-23+,29-27+,35-33+/t47-/m1/s1. The summed E-state index contributed by atoms with van der Waals surface area (Å²) in [6.07, 6.45) is 53.0. The number of carbonyl (C=O) groups is 2. The molecule has 0 aromatic heterocycles. The van der Waals surface area contributed by atoms with Crippen LogP contribution in [0.4, 0.5) is 0 Å². The number of hydrogen-bond acceptors (Lipinski definition) is 8. The summed E-state index contributed by atoms with van der Waals surface area (Å²) in [6, 6.07) is 0. The molecule has 0 aliphatic carbocycles. The van der Waals surface area contributed by atoms with Crippen LogP contribution in [0.3, 0.4) is 0 Å². The third-order valence-electron chi connectivity index (χ3n) is 10.2. The predicted octanol–water partition coefficient (Wildman–Crippen LogP) is 14.3. The van der Waals surface area contributed by atoms with Crippen LogP contribution in [0.1, 0.15) is 219 Å². The molecular weight excluding hydrogens is 762 g/mol. The van der Waals surface area contributed by atoms with E-state index in [1.165, 1.54) is 135 Å². The van der Waals surface area contributed by atoms with E-state index in [-0.39, 0.29) is 32.6 Å². The smallest absolute Gasteiger partial charge is 0.462 e. The first-order valence-corrected chi connectivity index (χ1v) is 25.6. The Hall–Kier alpha value is -2.03. The van der Waals surface area contributed by atoms with Crippen molar-refractivity contribution < 1.29 is 37.6 Å². The summed E-state index contributed by atoms with van der Waals surface area (Å²) in [7, 11) is -4.39. The average Bonchev–Trinajstić information content (AvgIpc) is 3.22. The fraction of sp³-hybridized carbons (Fsp3) is 0.796. The van der Waals surface area contributed by atoms with Crippen LogP contribution in [0.15, 0.2) is 48.6 Å². The highest BCUT2D eigenvalue weighted by Crippen LogP contribution is 2.43. The van der Waals surface area contributed by atoms with Crippen LogP contribution in [0, 0.1) is 0 Å². The maximum absolute atomic E-state index is 12.6. The Morgan fingerprint density at radius 3 is 1.36 bits per heavy atom. The Kier molecular flexibility index (Phi) is 43.9. The number of rotatable bonds is 45. The average molecular weight is 852 g/mol. The van der Waals surface area contributed by atoms with Gasteiger partial charge in [0, 0.05) is 19.4 Å². The van der Waals surface area contributed by atoms with Gasteiger partial charge in [0.25, 0.3) is 0 Å². The molecule has 0 saturated heterocycles. The summed E-state index contributed by atoms with van der Waals surface area (Å²) in [4.78, 5) is 34.9. The van der Waals surface area contributed by atoms with Crippen LogP contribution in [0.2, 0.25) is 0 Å². The summed E-state index contributed by atoms with van der Waals surface area (Å²) in [5.41, 5.74) is 5.35. The Morgan fingerprint density at radius 1 is 0.508 bits per heavy atom. The van der Waals surface area contributed by atoms with Crippen LogP contribution in [-0.4, -0.2) is 49.3 Å². The SMILES string of the molecule is CCCCCCCCC/C=C/C/C=C/C/C=C/C/C=C/CCCC(=O)OC[C@H](COP(=O)(O)OCCN)OC(=O)CCCCCCCCCCCCCCCCCCC. The van der Waals surface area contributed by atoms with E-state index in [0.717, 1.165) is 44.9 Å². The molecule has 0 bridgehead atoms. The van der Waals surface area contributed by atoms with E-state index in [0.29, 0.717) is 12.8 Å². The van der Waals surface area contributed by atoms with E-state index in [1.807, 2.05) is 0 Å². The normalized spacial score (nSPS) is 13.6. The van der Waals surface area contributed by atoms with Crippen molar-refractivity contribution in [2.45, 2.75) is 225 Å². The molecule has 0 amide bonds. The zero-order chi connectivity index (χ0) is 43.2.